The molecule has 3 N–H and O–H groups in total. The van der Waals surface area contributed by atoms with Crippen molar-refractivity contribution in [1.29, 1.82) is 5.26 Å². The summed E-state index contributed by atoms with van der Waals surface area (Å²) in [6.45, 7) is 5.93. The van der Waals surface area contributed by atoms with E-state index in [0.29, 0.717) is 5.56 Å². The van der Waals surface area contributed by atoms with Gasteiger partial charge in [0.25, 0.3) is 0 Å². The van der Waals surface area contributed by atoms with Gasteiger partial charge in [0.05, 0.1) is 17.3 Å². The van der Waals surface area contributed by atoms with Crippen LogP contribution in [-0.2, 0) is 10.0 Å². The quantitative estimate of drug-likeness (QED) is 0.787. The van der Waals surface area contributed by atoms with Crippen molar-refractivity contribution < 1.29 is 8.42 Å². The molecule has 0 saturated carbocycles. The lowest BCUT2D eigenvalue weighted by Gasteiger charge is -2.22. The van der Waals surface area contributed by atoms with Crippen LogP contribution < -0.4 is 10.5 Å². The molecule has 0 bridgehead atoms. The van der Waals surface area contributed by atoms with Crippen molar-refractivity contribution in [3.8, 4) is 6.07 Å². The zero-order valence-corrected chi connectivity index (χ0v) is 12.9. The monoisotopic (exact) mass is 295 g/mol. The first-order valence-electron chi connectivity index (χ1n) is 6.67. The maximum Gasteiger partial charge on any atom is 0.242 e. The van der Waals surface area contributed by atoms with E-state index in [9.17, 15) is 8.42 Å². The fourth-order valence-electron chi connectivity index (χ4n) is 2.26. The molecule has 0 fully saturated rings. The van der Waals surface area contributed by atoms with Gasteiger partial charge < -0.3 is 5.73 Å². The molecule has 0 aliphatic heterocycles. The van der Waals surface area contributed by atoms with Gasteiger partial charge in [0.1, 0.15) is 4.90 Å². The summed E-state index contributed by atoms with van der Waals surface area (Å²) in [5, 5.41) is 8.77. The lowest BCUT2D eigenvalue weighted by atomic mass is 9.96. The van der Waals surface area contributed by atoms with Gasteiger partial charge in [-0.3, -0.25) is 0 Å². The molecule has 1 aromatic rings. The van der Waals surface area contributed by atoms with Crippen LogP contribution in [0.1, 0.15) is 39.2 Å². The number of nitrogens with one attached hydrogen (secondary N) is 1. The molecule has 20 heavy (non-hydrogen) atoms. The molecular formula is C14H21N3O2S. The Bertz CT molecular complexity index is 601. The second kappa shape index (κ2) is 6.73. The van der Waals surface area contributed by atoms with E-state index in [4.69, 9.17) is 11.0 Å². The van der Waals surface area contributed by atoms with Crippen LogP contribution in [0.4, 0.5) is 5.69 Å². The standard InChI is InChI=1S/C14H21N3O2S/c1-4-12(5-2)10(3)17-20(18,19)14-7-6-11(9-15)8-13(14)16/h6-8,10,12,17H,4-5,16H2,1-3H3. The molecule has 0 spiro atoms. The van der Waals surface area contributed by atoms with Crippen LogP contribution in [0, 0.1) is 17.2 Å². The first kappa shape index (κ1) is 16.5. The number of sulfonamides is 1. The summed E-state index contributed by atoms with van der Waals surface area (Å²) in [5.74, 6) is 0.282. The Morgan fingerprint density at radius 3 is 2.40 bits per heavy atom. The van der Waals surface area contributed by atoms with E-state index in [0.717, 1.165) is 12.8 Å². The van der Waals surface area contributed by atoms with Gasteiger partial charge >= 0.3 is 0 Å². The summed E-state index contributed by atoms with van der Waals surface area (Å²) < 4.78 is 27.3. The fraction of sp³-hybridized carbons (Fsp3) is 0.500. The zero-order chi connectivity index (χ0) is 15.3. The van der Waals surface area contributed by atoms with E-state index < -0.39 is 10.0 Å². The number of anilines is 1. The van der Waals surface area contributed by atoms with Crippen molar-refractivity contribution in [3.05, 3.63) is 23.8 Å². The van der Waals surface area contributed by atoms with Crippen molar-refractivity contribution in [1.82, 2.24) is 4.72 Å². The van der Waals surface area contributed by atoms with E-state index in [2.05, 4.69) is 4.72 Å². The molecule has 5 nitrogen and oxygen atoms in total. The average molecular weight is 295 g/mol. The van der Waals surface area contributed by atoms with Crippen LogP contribution in [0.2, 0.25) is 0 Å². The molecular weight excluding hydrogens is 274 g/mol. The minimum Gasteiger partial charge on any atom is -0.398 e. The Hall–Kier alpha value is -1.58. The largest absolute Gasteiger partial charge is 0.398 e. The fourth-order valence-corrected chi connectivity index (χ4v) is 3.69. The summed E-state index contributed by atoms with van der Waals surface area (Å²) in [4.78, 5) is 0.0225. The Morgan fingerprint density at radius 2 is 1.95 bits per heavy atom. The predicted molar refractivity (Wildman–Crippen MR) is 79.4 cm³/mol. The van der Waals surface area contributed by atoms with Crippen molar-refractivity contribution in [3.63, 3.8) is 0 Å². The van der Waals surface area contributed by atoms with Crippen LogP contribution in [-0.4, -0.2) is 14.5 Å². The van der Waals surface area contributed by atoms with Crippen LogP contribution in [0.25, 0.3) is 0 Å². The SMILES string of the molecule is CCC(CC)C(C)NS(=O)(=O)c1ccc(C#N)cc1N. The number of nitrogens with two attached hydrogens (primary N) is 1. The molecule has 0 aromatic heterocycles. The highest BCUT2D eigenvalue weighted by Gasteiger charge is 2.23. The number of hydrogen-bond donors (Lipinski definition) is 2. The number of nitrogen functional groups attached to an aromatic ring is 1. The average Bonchev–Trinajstić information content (AvgIpc) is 2.38. The Labute approximate surface area is 120 Å². The van der Waals surface area contributed by atoms with Crippen molar-refractivity contribution in [2.45, 2.75) is 44.6 Å². The van der Waals surface area contributed by atoms with Gasteiger partial charge in [-0.25, -0.2) is 13.1 Å². The molecule has 1 aromatic carbocycles. The van der Waals surface area contributed by atoms with Crippen molar-refractivity contribution in [2.24, 2.45) is 5.92 Å². The van der Waals surface area contributed by atoms with E-state index >= 15 is 0 Å². The first-order valence-corrected chi connectivity index (χ1v) is 8.16. The van der Waals surface area contributed by atoms with Crippen LogP contribution in [0.5, 0.6) is 0 Å². The van der Waals surface area contributed by atoms with Gasteiger partial charge in [0, 0.05) is 6.04 Å². The normalized spacial score (nSPS) is 13.2. The first-order chi connectivity index (χ1) is 9.35. The second-order valence-electron chi connectivity index (χ2n) is 4.85. The van der Waals surface area contributed by atoms with E-state index in [-0.39, 0.29) is 22.5 Å². The molecule has 0 aliphatic carbocycles. The van der Waals surface area contributed by atoms with Crippen molar-refractivity contribution >= 4 is 15.7 Å². The molecule has 0 amide bonds. The molecule has 1 atom stereocenters. The third kappa shape index (κ3) is 3.71. The van der Waals surface area contributed by atoms with Crippen LogP contribution >= 0.6 is 0 Å². The summed E-state index contributed by atoms with van der Waals surface area (Å²) in [6.07, 6.45) is 1.81. The molecule has 0 radical (unpaired) electrons. The Balaban J connectivity index is 3.03. The third-order valence-corrected chi connectivity index (χ3v) is 5.16. The number of rotatable bonds is 6. The highest BCUT2D eigenvalue weighted by Crippen LogP contribution is 2.21. The second-order valence-corrected chi connectivity index (χ2v) is 6.53. The maximum absolute atomic E-state index is 12.3. The summed E-state index contributed by atoms with van der Waals surface area (Å²) in [5.41, 5.74) is 6.16. The lowest BCUT2D eigenvalue weighted by Crippen LogP contribution is -2.38. The molecule has 6 heteroatoms. The van der Waals surface area contributed by atoms with Gasteiger partial charge in [-0.2, -0.15) is 5.26 Å². The van der Waals surface area contributed by atoms with Gasteiger partial charge in [0.2, 0.25) is 10.0 Å². The number of nitrogens with zero attached hydrogens (tertiary/aromatic N) is 1. The van der Waals surface area contributed by atoms with Gasteiger partial charge in [-0.15, -0.1) is 0 Å². The van der Waals surface area contributed by atoms with Crippen molar-refractivity contribution in [2.75, 3.05) is 5.73 Å². The smallest absolute Gasteiger partial charge is 0.242 e. The summed E-state index contributed by atoms with van der Waals surface area (Å²) >= 11 is 0. The Kier molecular flexibility index (Phi) is 5.54. The topological polar surface area (TPSA) is 96.0 Å². The van der Waals surface area contributed by atoms with Crippen LogP contribution in [0.3, 0.4) is 0 Å². The minimum atomic E-state index is -3.66. The summed E-state index contributed by atoms with van der Waals surface area (Å²) in [7, 11) is -3.66. The lowest BCUT2D eigenvalue weighted by molar-refractivity contribution is 0.391. The highest BCUT2D eigenvalue weighted by molar-refractivity contribution is 7.89. The van der Waals surface area contributed by atoms with Gasteiger partial charge in [0.15, 0.2) is 0 Å². The maximum atomic E-state index is 12.3. The number of nitriles is 1. The zero-order valence-electron chi connectivity index (χ0n) is 12.1. The molecule has 110 valence electrons. The Morgan fingerprint density at radius 1 is 1.35 bits per heavy atom. The highest BCUT2D eigenvalue weighted by atomic mass is 32.2. The molecule has 1 unspecified atom stereocenters. The third-order valence-electron chi connectivity index (χ3n) is 3.53. The van der Waals surface area contributed by atoms with Crippen LogP contribution in [0.15, 0.2) is 23.1 Å². The molecule has 0 saturated heterocycles. The summed E-state index contributed by atoms with van der Waals surface area (Å²) in [6, 6.07) is 5.96. The molecule has 0 heterocycles. The number of benzene rings is 1. The molecule has 1 rings (SSSR count). The van der Waals surface area contributed by atoms with E-state index in [1.165, 1.54) is 18.2 Å². The van der Waals surface area contributed by atoms with Gasteiger partial charge in [-0.1, -0.05) is 26.7 Å². The van der Waals surface area contributed by atoms with Gasteiger partial charge in [-0.05, 0) is 31.0 Å². The van der Waals surface area contributed by atoms with E-state index in [1.807, 2.05) is 26.8 Å². The number of hydrogen-bond acceptors (Lipinski definition) is 4. The predicted octanol–water partition coefficient (Wildman–Crippen LogP) is 2.24. The molecule has 0 aliphatic rings. The minimum absolute atomic E-state index is 0.0225. The van der Waals surface area contributed by atoms with E-state index in [1.54, 1.807) is 0 Å².